The number of ether oxygens (including phenoxy) is 1. The van der Waals surface area contributed by atoms with Crippen molar-refractivity contribution in [3.8, 4) is 0 Å². The maximum atomic E-state index is 11.9. The van der Waals surface area contributed by atoms with E-state index in [9.17, 15) is 14.4 Å². The van der Waals surface area contributed by atoms with Gasteiger partial charge in [0.25, 0.3) is 5.91 Å². The summed E-state index contributed by atoms with van der Waals surface area (Å²) in [6.07, 6.45) is 0. The molecule has 0 spiro atoms. The molecule has 7 heteroatoms. The van der Waals surface area contributed by atoms with Gasteiger partial charge in [0.05, 0.1) is 5.56 Å². The van der Waals surface area contributed by atoms with Crippen molar-refractivity contribution in [3.05, 3.63) is 58.6 Å². The molecule has 2 aromatic rings. The number of halogens is 1. The minimum Gasteiger partial charge on any atom is -0.452 e. The molecule has 2 N–H and O–H groups in total. The number of anilines is 2. The number of rotatable bonds is 5. The SMILES string of the molecule is CC(=O)Nc1ccc(C(=O)OCC(=O)Nc2ccc(Cl)cc2C)cc1. The average Bonchev–Trinajstić information content (AvgIpc) is 2.55. The molecule has 0 aliphatic rings. The normalized spacial score (nSPS) is 10.0. The van der Waals surface area contributed by atoms with Gasteiger partial charge in [0, 0.05) is 23.3 Å². The van der Waals surface area contributed by atoms with Crippen molar-refractivity contribution in [1.82, 2.24) is 0 Å². The summed E-state index contributed by atoms with van der Waals surface area (Å²) in [6.45, 7) is 2.79. The van der Waals surface area contributed by atoms with Crippen LogP contribution in [0.4, 0.5) is 11.4 Å². The van der Waals surface area contributed by atoms with Crippen LogP contribution in [0.1, 0.15) is 22.8 Å². The molecule has 0 aromatic heterocycles. The Kier molecular flexibility index (Phi) is 6.14. The van der Waals surface area contributed by atoms with E-state index in [1.165, 1.54) is 19.1 Å². The molecule has 0 aliphatic carbocycles. The van der Waals surface area contributed by atoms with Crippen molar-refractivity contribution >= 4 is 40.8 Å². The molecular weight excluding hydrogens is 344 g/mol. The summed E-state index contributed by atoms with van der Waals surface area (Å²) in [6, 6.07) is 11.2. The summed E-state index contributed by atoms with van der Waals surface area (Å²) in [4.78, 5) is 34.8. The van der Waals surface area contributed by atoms with Gasteiger partial charge in [-0.3, -0.25) is 9.59 Å². The molecule has 2 rings (SSSR count). The molecular formula is C18H17ClN2O4. The highest BCUT2D eigenvalue weighted by atomic mass is 35.5. The predicted octanol–water partition coefficient (Wildman–Crippen LogP) is 3.40. The Morgan fingerprint density at radius 1 is 1.04 bits per heavy atom. The van der Waals surface area contributed by atoms with Crippen molar-refractivity contribution in [2.75, 3.05) is 17.2 Å². The van der Waals surface area contributed by atoms with Gasteiger partial charge in [-0.2, -0.15) is 0 Å². The Hall–Kier alpha value is -2.86. The zero-order valence-corrected chi connectivity index (χ0v) is 14.5. The quantitative estimate of drug-likeness (QED) is 0.800. The van der Waals surface area contributed by atoms with Gasteiger partial charge in [-0.15, -0.1) is 0 Å². The lowest BCUT2D eigenvalue weighted by molar-refractivity contribution is -0.119. The number of hydrogen-bond donors (Lipinski definition) is 2. The fourth-order valence-electron chi connectivity index (χ4n) is 2.06. The van der Waals surface area contributed by atoms with Crippen LogP contribution < -0.4 is 10.6 Å². The van der Waals surface area contributed by atoms with Gasteiger partial charge >= 0.3 is 5.97 Å². The minimum atomic E-state index is -0.627. The zero-order chi connectivity index (χ0) is 18.4. The first-order valence-corrected chi connectivity index (χ1v) is 7.84. The number of esters is 1. The lowest BCUT2D eigenvalue weighted by Crippen LogP contribution is -2.21. The largest absolute Gasteiger partial charge is 0.452 e. The van der Waals surface area contributed by atoms with Crippen LogP contribution >= 0.6 is 11.6 Å². The summed E-state index contributed by atoms with van der Waals surface area (Å²) in [5.74, 6) is -1.28. The molecule has 0 radical (unpaired) electrons. The number of aryl methyl sites for hydroxylation is 1. The molecule has 0 fully saturated rings. The van der Waals surface area contributed by atoms with Crippen molar-refractivity contribution in [2.24, 2.45) is 0 Å². The third kappa shape index (κ3) is 5.61. The summed E-state index contributed by atoms with van der Waals surface area (Å²) in [5, 5.41) is 5.82. The van der Waals surface area contributed by atoms with Crippen LogP contribution in [-0.2, 0) is 14.3 Å². The van der Waals surface area contributed by atoms with E-state index in [-0.39, 0.29) is 11.5 Å². The number of hydrogen-bond acceptors (Lipinski definition) is 4. The first kappa shape index (κ1) is 18.5. The molecule has 0 heterocycles. The van der Waals surface area contributed by atoms with E-state index in [0.29, 0.717) is 16.4 Å². The van der Waals surface area contributed by atoms with Crippen LogP contribution in [0.2, 0.25) is 5.02 Å². The number of carbonyl (C=O) groups excluding carboxylic acids is 3. The monoisotopic (exact) mass is 360 g/mol. The third-order valence-electron chi connectivity index (χ3n) is 3.24. The van der Waals surface area contributed by atoms with Crippen LogP contribution in [0.3, 0.4) is 0 Å². The summed E-state index contributed by atoms with van der Waals surface area (Å²) < 4.78 is 4.98. The highest BCUT2D eigenvalue weighted by Gasteiger charge is 2.11. The molecule has 0 aliphatic heterocycles. The van der Waals surface area contributed by atoms with Gasteiger partial charge in [-0.1, -0.05) is 11.6 Å². The van der Waals surface area contributed by atoms with Crippen LogP contribution in [0.25, 0.3) is 0 Å². The van der Waals surface area contributed by atoms with Crippen molar-refractivity contribution in [1.29, 1.82) is 0 Å². The second-order valence-electron chi connectivity index (χ2n) is 5.34. The maximum Gasteiger partial charge on any atom is 0.338 e. The van der Waals surface area contributed by atoms with E-state index in [4.69, 9.17) is 16.3 Å². The fourth-order valence-corrected chi connectivity index (χ4v) is 2.29. The molecule has 0 saturated heterocycles. The number of nitrogens with one attached hydrogen (secondary N) is 2. The fraction of sp³-hybridized carbons (Fsp3) is 0.167. The Bertz CT molecular complexity index is 803. The topological polar surface area (TPSA) is 84.5 Å². The Labute approximate surface area is 150 Å². The minimum absolute atomic E-state index is 0.204. The van der Waals surface area contributed by atoms with Crippen molar-refractivity contribution < 1.29 is 19.1 Å². The number of amides is 2. The molecule has 0 saturated carbocycles. The Morgan fingerprint density at radius 3 is 2.32 bits per heavy atom. The lowest BCUT2D eigenvalue weighted by atomic mass is 10.2. The smallest absolute Gasteiger partial charge is 0.338 e. The molecule has 2 amide bonds. The van der Waals surface area contributed by atoms with E-state index >= 15 is 0 Å². The van der Waals surface area contributed by atoms with E-state index in [2.05, 4.69) is 10.6 Å². The second-order valence-corrected chi connectivity index (χ2v) is 5.78. The van der Waals surface area contributed by atoms with E-state index in [0.717, 1.165) is 5.56 Å². The molecule has 0 unspecified atom stereocenters. The number of benzene rings is 2. The van der Waals surface area contributed by atoms with Crippen LogP contribution in [0.5, 0.6) is 0 Å². The average molecular weight is 361 g/mol. The first-order chi connectivity index (χ1) is 11.8. The lowest BCUT2D eigenvalue weighted by Gasteiger charge is -2.09. The highest BCUT2D eigenvalue weighted by molar-refractivity contribution is 6.30. The van der Waals surface area contributed by atoms with E-state index in [1.807, 2.05) is 6.92 Å². The van der Waals surface area contributed by atoms with Crippen LogP contribution in [-0.4, -0.2) is 24.4 Å². The van der Waals surface area contributed by atoms with E-state index < -0.39 is 18.5 Å². The molecule has 0 atom stereocenters. The van der Waals surface area contributed by atoms with Crippen molar-refractivity contribution in [2.45, 2.75) is 13.8 Å². The standard InChI is InChI=1S/C18H17ClN2O4/c1-11-9-14(19)5-8-16(11)21-17(23)10-25-18(24)13-3-6-15(7-4-13)20-12(2)22/h3-9H,10H2,1-2H3,(H,20,22)(H,21,23). The second kappa shape index (κ2) is 8.30. The summed E-state index contributed by atoms with van der Waals surface area (Å²) in [5.41, 5.74) is 2.26. The zero-order valence-electron chi connectivity index (χ0n) is 13.8. The van der Waals surface area contributed by atoms with Gasteiger partial charge in [0.2, 0.25) is 5.91 Å². The molecule has 25 heavy (non-hydrogen) atoms. The molecule has 0 bridgehead atoms. The number of carbonyl (C=O) groups is 3. The van der Waals surface area contributed by atoms with E-state index in [1.54, 1.807) is 30.3 Å². The molecule has 2 aromatic carbocycles. The van der Waals surface area contributed by atoms with Gasteiger partial charge < -0.3 is 15.4 Å². The molecule has 6 nitrogen and oxygen atoms in total. The summed E-state index contributed by atoms with van der Waals surface area (Å²) >= 11 is 5.86. The predicted molar refractivity (Wildman–Crippen MR) is 95.8 cm³/mol. The van der Waals surface area contributed by atoms with Crippen LogP contribution in [0, 0.1) is 6.92 Å². The van der Waals surface area contributed by atoms with Gasteiger partial charge in [0.15, 0.2) is 6.61 Å². The highest BCUT2D eigenvalue weighted by Crippen LogP contribution is 2.19. The van der Waals surface area contributed by atoms with Gasteiger partial charge in [-0.25, -0.2) is 4.79 Å². The third-order valence-corrected chi connectivity index (χ3v) is 3.47. The Balaban J connectivity index is 1.88. The maximum absolute atomic E-state index is 11.9. The van der Waals surface area contributed by atoms with Gasteiger partial charge in [0.1, 0.15) is 0 Å². The summed E-state index contributed by atoms with van der Waals surface area (Å²) in [7, 11) is 0. The van der Waals surface area contributed by atoms with Crippen molar-refractivity contribution in [3.63, 3.8) is 0 Å². The van der Waals surface area contributed by atoms with Crippen LogP contribution in [0.15, 0.2) is 42.5 Å². The van der Waals surface area contributed by atoms with Gasteiger partial charge in [-0.05, 0) is 55.0 Å². The molecule has 130 valence electrons. The first-order valence-electron chi connectivity index (χ1n) is 7.46. The Morgan fingerprint density at radius 2 is 1.72 bits per heavy atom.